The van der Waals surface area contributed by atoms with Crippen molar-refractivity contribution in [2.24, 2.45) is 0 Å². The summed E-state index contributed by atoms with van der Waals surface area (Å²) in [5, 5.41) is 6.09. The molecule has 0 unspecified atom stereocenters. The summed E-state index contributed by atoms with van der Waals surface area (Å²) in [7, 11) is 0. The van der Waals surface area contributed by atoms with Gasteiger partial charge in [-0.2, -0.15) is 0 Å². The van der Waals surface area contributed by atoms with Crippen molar-refractivity contribution in [1.29, 1.82) is 0 Å². The Morgan fingerprint density at radius 1 is 1.14 bits per heavy atom. The fourth-order valence-electron chi connectivity index (χ4n) is 1.77. The lowest BCUT2D eigenvalue weighted by atomic mass is 10.1. The van der Waals surface area contributed by atoms with Gasteiger partial charge in [0.2, 0.25) is 0 Å². The smallest absolute Gasteiger partial charge is 0.319 e. The molecule has 0 heterocycles. The predicted molar refractivity (Wildman–Crippen MR) is 83.6 cm³/mol. The Labute approximate surface area is 132 Å². The summed E-state index contributed by atoms with van der Waals surface area (Å²) in [4.78, 5) is 11.7. The molecule has 2 aromatic carbocycles. The van der Waals surface area contributed by atoms with Crippen molar-refractivity contribution in [3.8, 4) is 0 Å². The van der Waals surface area contributed by atoms with E-state index in [1.807, 2.05) is 0 Å². The number of amides is 2. The van der Waals surface area contributed by atoms with Crippen molar-refractivity contribution in [2.75, 3.05) is 11.9 Å². The Bertz CT molecular complexity index is 649. The Hall–Kier alpha value is -1.78. The van der Waals surface area contributed by atoms with Crippen LogP contribution in [0.2, 0.25) is 10.0 Å². The molecule has 2 aromatic rings. The lowest BCUT2D eigenvalue weighted by Crippen LogP contribution is -2.30. The maximum atomic E-state index is 13.4. The van der Waals surface area contributed by atoms with Gasteiger partial charge in [-0.25, -0.2) is 9.18 Å². The van der Waals surface area contributed by atoms with E-state index in [0.29, 0.717) is 34.3 Å². The van der Waals surface area contributed by atoms with Gasteiger partial charge < -0.3 is 10.6 Å². The molecule has 2 amide bonds. The third kappa shape index (κ3) is 4.62. The van der Waals surface area contributed by atoms with Crippen molar-refractivity contribution >= 4 is 34.9 Å². The molecule has 2 rings (SSSR count). The topological polar surface area (TPSA) is 41.1 Å². The average Bonchev–Trinajstić information content (AvgIpc) is 2.45. The summed E-state index contributed by atoms with van der Waals surface area (Å²) in [6.45, 7) is 0.310. The molecule has 6 heteroatoms. The van der Waals surface area contributed by atoms with E-state index in [-0.39, 0.29) is 5.82 Å². The first kappa shape index (κ1) is 15.6. The van der Waals surface area contributed by atoms with Gasteiger partial charge in [0, 0.05) is 11.6 Å². The SMILES string of the molecule is O=C(NCCc1ccccc1F)Nc1cc(Cl)ccc1Cl. The van der Waals surface area contributed by atoms with Crippen LogP contribution in [0.15, 0.2) is 42.5 Å². The highest BCUT2D eigenvalue weighted by molar-refractivity contribution is 6.35. The maximum Gasteiger partial charge on any atom is 0.319 e. The summed E-state index contributed by atoms with van der Waals surface area (Å²) < 4.78 is 13.4. The van der Waals surface area contributed by atoms with Gasteiger partial charge >= 0.3 is 6.03 Å². The van der Waals surface area contributed by atoms with Crippen LogP contribution in [0.25, 0.3) is 0 Å². The van der Waals surface area contributed by atoms with Gasteiger partial charge in [0.05, 0.1) is 10.7 Å². The Balaban J connectivity index is 1.85. The molecule has 0 saturated carbocycles. The van der Waals surface area contributed by atoms with Crippen LogP contribution in [0.1, 0.15) is 5.56 Å². The summed E-state index contributed by atoms with van der Waals surface area (Å²) in [5.41, 5.74) is 0.978. The zero-order valence-electron chi connectivity index (χ0n) is 11.0. The van der Waals surface area contributed by atoms with Crippen LogP contribution >= 0.6 is 23.2 Å². The van der Waals surface area contributed by atoms with Crippen molar-refractivity contribution in [2.45, 2.75) is 6.42 Å². The summed E-state index contributed by atoms with van der Waals surface area (Å²) in [6, 6.07) is 10.8. The van der Waals surface area contributed by atoms with Crippen molar-refractivity contribution < 1.29 is 9.18 Å². The standard InChI is InChI=1S/C15H13Cl2FN2O/c16-11-5-6-12(17)14(9-11)20-15(21)19-8-7-10-3-1-2-4-13(10)18/h1-6,9H,7-8H2,(H2,19,20,21). The number of halogens is 3. The molecule has 0 atom stereocenters. The number of hydrogen-bond acceptors (Lipinski definition) is 1. The molecule has 0 radical (unpaired) electrons. The molecule has 0 aliphatic rings. The molecule has 0 aromatic heterocycles. The minimum atomic E-state index is -0.421. The molecule has 0 spiro atoms. The van der Waals surface area contributed by atoms with Gasteiger partial charge in [0.1, 0.15) is 5.82 Å². The lowest BCUT2D eigenvalue weighted by molar-refractivity contribution is 0.252. The fourth-order valence-corrected chi connectivity index (χ4v) is 2.11. The second kappa shape index (κ2) is 7.29. The highest BCUT2D eigenvalue weighted by atomic mass is 35.5. The predicted octanol–water partition coefficient (Wildman–Crippen LogP) is 4.50. The quantitative estimate of drug-likeness (QED) is 0.853. The molecule has 2 N–H and O–H groups in total. The van der Waals surface area contributed by atoms with E-state index >= 15 is 0 Å². The molecular formula is C15H13Cl2FN2O. The number of anilines is 1. The summed E-state index contributed by atoms with van der Waals surface area (Å²) >= 11 is 11.8. The number of benzene rings is 2. The normalized spacial score (nSPS) is 10.2. The zero-order chi connectivity index (χ0) is 15.2. The number of nitrogens with one attached hydrogen (secondary N) is 2. The van der Waals surface area contributed by atoms with E-state index in [0.717, 1.165) is 0 Å². The Morgan fingerprint density at radius 3 is 2.67 bits per heavy atom. The third-order valence-electron chi connectivity index (χ3n) is 2.81. The van der Waals surface area contributed by atoms with Crippen molar-refractivity contribution in [3.05, 3.63) is 63.9 Å². The van der Waals surface area contributed by atoms with E-state index in [4.69, 9.17) is 23.2 Å². The highest BCUT2D eigenvalue weighted by Crippen LogP contribution is 2.25. The van der Waals surface area contributed by atoms with E-state index in [2.05, 4.69) is 10.6 Å². The molecule has 3 nitrogen and oxygen atoms in total. The van der Waals surface area contributed by atoms with Crippen LogP contribution in [-0.4, -0.2) is 12.6 Å². The molecule has 0 bridgehead atoms. The van der Waals surface area contributed by atoms with Crippen LogP contribution in [0.4, 0.5) is 14.9 Å². The van der Waals surface area contributed by atoms with Gasteiger partial charge in [-0.1, -0.05) is 41.4 Å². The van der Waals surface area contributed by atoms with E-state index in [1.54, 1.807) is 36.4 Å². The van der Waals surface area contributed by atoms with Crippen molar-refractivity contribution in [1.82, 2.24) is 5.32 Å². The van der Waals surface area contributed by atoms with Crippen LogP contribution in [0.5, 0.6) is 0 Å². The molecule has 21 heavy (non-hydrogen) atoms. The summed E-state index contributed by atoms with van der Waals surface area (Å²) in [6.07, 6.45) is 0.406. The largest absolute Gasteiger partial charge is 0.338 e. The minimum absolute atomic E-state index is 0.280. The number of hydrogen-bond donors (Lipinski definition) is 2. The maximum absolute atomic E-state index is 13.4. The molecule has 0 aliphatic heterocycles. The van der Waals surface area contributed by atoms with Crippen LogP contribution < -0.4 is 10.6 Å². The first-order valence-corrected chi connectivity index (χ1v) is 7.05. The number of rotatable bonds is 4. The first-order valence-electron chi connectivity index (χ1n) is 6.29. The summed E-state index contributed by atoms with van der Waals surface area (Å²) in [5.74, 6) is -0.280. The fraction of sp³-hybridized carbons (Fsp3) is 0.133. The minimum Gasteiger partial charge on any atom is -0.338 e. The van der Waals surface area contributed by atoms with Gasteiger partial charge in [0.25, 0.3) is 0 Å². The van der Waals surface area contributed by atoms with Crippen molar-refractivity contribution in [3.63, 3.8) is 0 Å². The van der Waals surface area contributed by atoms with Gasteiger partial charge in [-0.15, -0.1) is 0 Å². The molecular weight excluding hydrogens is 314 g/mol. The van der Waals surface area contributed by atoms with Gasteiger partial charge in [-0.3, -0.25) is 0 Å². The van der Waals surface area contributed by atoms with E-state index in [9.17, 15) is 9.18 Å². The monoisotopic (exact) mass is 326 g/mol. The third-order valence-corrected chi connectivity index (χ3v) is 3.38. The van der Waals surface area contributed by atoms with E-state index < -0.39 is 6.03 Å². The second-order valence-corrected chi connectivity index (χ2v) is 5.19. The number of carbonyl (C=O) groups excluding carboxylic acids is 1. The van der Waals surface area contributed by atoms with E-state index in [1.165, 1.54) is 6.07 Å². The van der Waals surface area contributed by atoms with Crippen LogP contribution in [0, 0.1) is 5.82 Å². The van der Waals surface area contributed by atoms with Crippen LogP contribution in [0.3, 0.4) is 0 Å². The number of carbonyl (C=O) groups is 1. The van der Waals surface area contributed by atoms with Gasteiger partial charge in [-0.05, 0) is 36.2 Å². The molecule has 0 saturated heterocycles. The molecule has 110 valence electrons. The Kier molecular flexibility index (Phi) is 5.42. The zero-order valence-corrected chi connectivity index (χ0v) is 12.5. The van der Waals surface area contributed by atoms with Crippen LogP contribution in [-0.2, 0) is 6.42 Å². The molecule has 0 aliphatic carbocycles. The molecule has 0 fully saturated rings. The van der Waals surface area contributed by atoms with Gasteiger partial charge in [0.15, 0.2) is 0 Å². The average molecular weight is 327 g/mol. The lowest BCUT2D eigenvalue weighted by Gasteiger charge is -2.09. The highest BCUT2D eigenvalue weighted by Gasteiger charge is 2.06. The first-order chi connectivity index (χ1) is 10.1. The second-order valence-electron chi connectivity index (χ2n) is 4.35. The number of urea groups is 1. The Morgan fingerprint density at radius 2 is 1.90 bits per heavy atom.